The first-order chi connectivity index (χ1) is 15.4. The Morgan fingerprint density at radius 3 is 2.16 bits per heavy atom. The maximum atomic E-state index is 12.9. The Hall–Kier alpha value is -3.94. The lowest BCUT2D eigenvalue weighted by atomic mass is 10.0. The maximum Gasteiger partial charge on any atom is 0.242 e. The molecule has 0 aliphatic heterocycles. The number of rotatable bonds is 8. The van der Waals surface area contributed by atoms with Crippen LogP contribution in [0.2, 0.25) is 0 Å². The number of nitrogens with one attached hydrogen (secondary N) is 4. The average Bonchev–Trinajstić information content (AvgIpc) is 3.36. The van der Waals surface area contributed by atoms with E-state index in [1.807, 2.05) is 12.3 Å². The molecule has 2 aromatic heterocycles. The van der Waals surface area contributed by atoms with Crippen LogP contribution < -0.4 is 10.6 Å². The zero-order valence-electron chi connectivity index (χ0n) is 17.7. The minimum Gasteiger partial charge on any atom is -0.508 e. The normalized spacial score (nSPS) is 12.2. The summed E-state index contributed by atoms with van der Waals surface area (Å²) in [6.07, 6.45) is 4.80. The zero-order valence-corrected chi connectivity index (χ0v) is 17.7. The van der Waals surface area contributed by atoms with Crippen LogP contribution in [-0.4, -0.2) is 44.6 Å². The van der Waals surface area contributed by atoms with E-state index in [1.165, 1.54) is 0 Å². The van der Waals surface area contributed by atoms with Crippen molar-refractivity contribution in [2.75, 3.05) is 6.54 Å². The molecular formula is C24H26N4O4. The van der Waals surface area contributed by atoms with Gasteiger partial charge in [-0.25, -0.2) is 0 Å². The predicted molar refractivity (Wildman–Crippen MR) is 123 cm³/mol. The summed E-state index contributed by atoms with van der Waals surface area (Å²) < 4.78 is 0. The molecule has 166 valence electrons. The number of carbonyl (C=O) groups excluding carboxylic acids is 2. The van der Waals surface area contributed by atoms with E-state index in [1.54, 1.807) is 43.5 Å². The van der Waals surface area contributed by atoms with E-state index >= 15 is 0 Å². The Bertz CT molecular complexity index is 1270. The second-order valence-electron chi connectivity index (χ2n) is 7.81. The molecule has 1 unspecified atom stereocenters. The minimum atomic E-state index is -0.740. The van der Waals surface area contributed by atoms with Gasteiger partial charge in [-0.1, -0.05) is 6.92 Å². The highest BCUT2D eigenvalue weighted by Crippen LogP contribution is 2.25. The van der Waals surface area contributed by atoms with E-state index in [2.05, 4.69) is 20.6 Å². The molecule has 8 heteroatoms. The Balaban J connectivity index is 1.45. The van der Waals surface area contributed by atoms with Gasteiger partial charge >= 0.3 is 0 Å². The lowest BCUT2D eigenvalue weighted by Crippen LogP contribution is -2.48. The van der Waals surface area contributed by atoms with Crippen molar-refractivity contribution in [3.05, 3.63) is 59.9 Å². The third kappa shape index (κ3) is 4.54. The van der Waals surface area contributed by atoms with Crippen LogP contribution in [0.25, 0.3) is 21.8 Å². The summed E-state index contributed by atoms with van der Waals surface area (Å²) in [6.45, 7) is 2.12. The number of phenolic OH excluding ortho intramolecular Hbond substituents is 2. The standard InChI is InChI=1S/C24H26N4O4/c1-2-23(31)28-22(9-15-13-27-21-6-4-17(30)11-19(15)21)24(32)25-8-7-14-12-26-20-5-3-16(29)10-18(14)20/h3-6,10-13,22,26-27,29-30H,2,7-9H2,1H3,(H,25,32)(H,28,31). The van der Waals surface area contributed by atoms with Crippen LogP contribution in [0.5, 0.6) is 11.5 Å². The fourth-order valence-electron chi connectivity index (χ4n) is 3.88. The summed E-state index contributed by atoms with van der Waals surface area (Å²) in [7, 11) is 0. The first-order valence-electron chi connectivity index (χ1n) is 10.6. The minimum absolute atomic E-state index is 0.140. The highest BCUT2D eigenvalue weighted by Gasteiger charge is 2.22. The molecule has 8 nitrogen and oxygen atoms in total. The zero-order chi connectivity index (χ0) is 22.7. The van der Waals surface area contributed by atoms with Gasteiger partial charge in [0.25, 0.3) is 0 Å². The molecule has 6 N–H and O–H groups in total. The molecule has 32 heavy (non-hydrogen) atoms. The second-order valence-corrected chi connectivity index (χ2v) is 7.81. The van der Waals surface area contributed by atoms with Crippen LogP contribution in [-0.2, 0) is 22.4 Å². The largest absolute Gasteiger partial charge is 0.508 e. The number of amides is 2. The number of carbonyl (C=O) groups is 2. The molecule has 4 aromatic rings. The molecule has 4 rings (SSSR count). The van der Waals surface area contributed by atoms with Gasteiger partial charge in [0.15, 0.2) is 0 Å². The molecule has 1 atom stereocenters. The summed E-state index contributed by atoms with van der Waals surface area (Å²) in [6, 6.07) is 9.39. The number of aromatic nitrogens is 2. The number of aromatic amines is 2. The van der Waals surface area contributed by atoms with Gasteiger partial charge in [0, 0.05) is 53.6 Å². The summed E-state index contributed by atoms with van der Waals surface area (Å²) in [5.74, 6) is -0.153. The Kier molecular flexibility index (Phi) is 6.02. The van der Waals surface area contributed by atoms with E-state index in [-0.39, 0.29) is 29.7 Å². The highest BCUT2D eigenvalue weighted by atomic mass is 16.3. The van der Waals surface area contributed by atoms with Crippen LogP contribution in [0, 0.1) is 0 Å². The highest BCUT2D eigenvalue weighted by molar-refractivity contribution is 5.90. The molecule has 0 spiro atoms. The smallest absolute Gasteiger partial charge is 0.242 e. The topological polar surface area (TPSA) is 130 Å². The van der Waals surface area contributed by atoms with E-state index < -0.39 is 6.04 Å². The van der Waals surface area contributed by atoms with Crippen LogP contribution in [0.3, 0.4) is 0 Å². The summed E-state index contributed by atoms with van der Waals surface area (Å²) in [5.41, 5.74) is 3.58. The Morgan fingerprint density at radius 2 is 1.53 bits per heavy atom. The molecule has 2 heterocycles. The van der Waals surface area contributed by atoms with E-state index in [4.69, 9.17) is 0 Å². The summed E-state index contributed by atoms with van der Waals surface area (Å²) in [5, 5.41) is 27.0. The number of phenols is 2. The van der Waals surface area contributed by atoms with Crippen LogP contribution >= 0.6 is 0 Å². The fraction of sp³-hybridized carbons (Fsp3) is 0.250. The molecule has 0 saturated heterocycles. The first-order valence-corrected chi connectivity index (χ1v) is 10.6. The van der Waals surface area contributed by atoms with Gasteiger partial charge in [0.1, 0.15) is 17.5 Å². The number of hydrogen-bond donors (Lipinski definition) is 6. The molecule has 0 aliphatic carbocycles. The van der Waals surface area contributed by atoms with E-state index in [0.717, 1.165) is 32.9 Å². The Labute approximate surface area is 184 Å². The summed E-state index contributed by atoms with van der Waals surface area (Å²) >= 11 is 0. The monoisotopic (exact) mass is 434 g/mol. The van der Waals surface area contributed by atoms with Crippen molar-refractivity contribution in [1.29, 1.82) is 0 Å². The fourth-order valence-corrected chi connectivity index (χ4v) is 3.88. The van der Waals surface area contributed by atoms with Gasteiger partial charge in [-0.3, -0.25) is 9.59 Å². The quantitative estimate of drug-likeness (QED) is 0.255. The van der Waals surface area contributed by atoms with Crippen molar-refractivity contribution in [1.82, 2.24) is 20.6 Å². The molecule has 0 bridgehead atoms. The van der Waals surface area contributed by atoms with Crippen LogP contribution in [0.15, 0.2) is 48.8 Å². The van der Waals surface area contributed by atoms with Gasteiger partial charge in [0.2, 0.25) is 11.8 Å². The van der Waals surface area contributed by atoms with Crippen molar-refractivity contribution in [3.63, 3.8) is 0 Å². The van der Waals surface area contributed by atoms with Gasteiger partial charge in [-0.05, 0) is 53.9 Å². The maximum absolute atomic E-state index is 12.9. The molecule has 2 aromatic carbocycles. The van der Waals surface area contributed by atoms with Gasteiger partial charge < -0.3 is 30.8 Å². The lowest BCUT2D eigenvalue weighted by molar-refractivity contribution is -0.128. The first kappa shape index (κ1) is 21.3. The van der Waals surface area contributed by atoms with Crippen molar-refractivity contribution < 1.29 is 19.8 Å². The van der Waals surface area contributed by atoms with Gasteiger partial charge in [-0.15, -0.1) is 0 Å². The molecular weight excluding hydrogens is 408 g/mol. The van der Waals surface area contributed by atoms with Crippen molar-refractivity contribution >= 4 is 33.6 Å². The van der Waals surface area contributed by atoms with Gasteiger partial charge in [-0.2, -0.15) is 0 Å². The lowest BCUT2D eigenvalue weighted by Gasteiger charge is -2.18. The molecule has 0 radical (unpaired) electrons. The Morgan fingerprint density at radius 1 is 0.938 bits per heavy atom. The number of fused-ring (bicyclic) bond motifs is 2. The van der Waals surface area contributed by atoms with Crippen molar-refractivity contribution in [2.24, 2.45) is 0 Å². The third-order valence-corrected chi connectivity index (χ3v) is 5.59. The number of H-pyrrole nitrogens is 2. The molecule has 2 amide bonds. The van der Waals surface area contributed by atoms with Crippen molar-refractivity contribution in [3.8, 4) is 11.5 Å². The predicted octanol–water partition coefficient (Wildman–Crippen LogP) is 2.86. The van der Waals surface area contributed by atoms with E-state index in [9.17, 15) is 19.8 Å². The van der Waals surface area contributed by atoms with Crippen LogP contribution in [0.4, 0.5) is 0 Å². The molecule has 0 fully saturated rings. The van der Waals surface area contributed by atoms with E-state index in [0.29, 0.717) is 19.4 Å². The molecule has 0 saturated carbocycles. The van der Waals surface area contributed by atoms with Gasteiger partial charge in [0.05, 0.1) is 0 Å². The SMILES string of the molecule is CCC(=O)NC(Cc1c[nH]c2ccc(O)cc12)C(=O)NCCc1c[nH]c2ccc(O)cc12. The number of hydrogen-bond acceptors (Lipinski definition) is 4. The third-order valence-electron chi connectivity index (χ3n) is 5.59. The second kappa shape index (κ2) is 9.05. The number of aromatic hydroxyl groups is 2. The number of benzene rings is 2. The van der Waals surface area contributed by atoms with Crippen molar-refractivity contribution in [2.45, 2.75) is 32.2 Å². The summed E-state index contributed by atoms with van der Waals surface area (Å²) in [4.78, 5) is 31.3. The van der Waals surface area contributed by atoms with Crippen LogP contribution in [0.1, 0.15) is 24.5 Å². The molecule has 0 aliphatic rings. The average molecular weight is 434 g/mol.